The molecule has 0 rings (SSSR count). The number of ether oxygens (including phenoxy) is 3. The Labute approximate surface area is 140 Å². The van der Waals surface area contributed by atoms with Gasteiger partial charge in [-0.25, -0.2) is 4.79 Å². The predicted octanol–water partition coefficient (Wildman–Crippen LogP) is 3.17. The number of nitrogens with one attached hydrogen (secondary N) is 1. The Morgan fingerprint density at radius 2 is 1.65 bits per heavy atom. The number of rotatable bonds is 14. The minimum atomic E-state index is -0.999. The molecule has 0 saturated carbocycles. The molecule has 136 valence electrons. The molecule has 3 N–H and O–H groups in total. The van der Waals surface area contributed by atoms with Crippen molar-refractivity contribution in [3.8, 4) is 0 Å². The second-order valence-corrected chi connectivity index (χ2v) is 5.62. The quantitative estimate of drug-likeness (QED) is 0.378. The Bertz CT molecular complexity index is 339. The van der Waals surface area contributed by atoms with Crippen LogP contribution >= 0.6 is 0 Å². The number of carbonyl (C=O) groups excluding carboxylic acids is 1. The van der Waals surface area contributed by atoms with E-state index >= 15 is 0 Å². The smallest absolute Gasteiger partial charge is 0.312 e. The van der Waals surface area contributed by atoms with E-state index < -0.39 is 11.8 Å². The molecular formula is C17H34N2O4. The van der Waals surface area contributed by atoms with Gasteiger partial charge in [0.2, 0.25) is 5.79 Å². The first-order chi connectivity index (χ1) is 10.9. The number of hydrogen-bond donors (Lipinski definition) is 2. The van der Waals surface area contributed by atoms with Crippen molar-refractivity contribution in [1.29, 1.82) is 0 Å². The number of carbonyl (C=O) groups is 1. The molecule has 2 amide bonds. The fourth-order valence-electron chi connectivity index (χ4n) is 2.20. The molecule has 0 aliphatic heterocycles. The molecule has 0 aromatic rings. The normalized spacial score (nSPS) is 12.7. The standard InChI is InChI=1S/C17H34N2O4/c1-6-11-21-15(5)17(22-12-7-2,23-13-8-3)14(4)9-10-19-16(18)20/h14H,5-13H2,1-4H3,(H3,18,19,20). The molecule has 0 fully saturated rings. The van der Waals surface area contributed by atoms with Gasteiger partial charge in [-0.2, -0.15) is 0 Å². The number of hydrogen-bond acceptors (Lipinski definition) is 4. The molecule has 1 atom stereocenters. The van der Waals surface area contributed by atoms with Crippen molar-refractivity contribution >= 4 is 6.03 Å². The summed E-state index contributed by atoms with van der Waals surface area (Å²) in [6, 6.07) is -0.534. The van der Waals surface area contributed by atoms with Crippen LogP contribution in [0.25, 0.3) is 0 Å². The van der Waals surface area contributed by atoms with E-state index in [0.29, 0.717) is 38.5 Å². The van der Waals surface area contributed by atoms with Crippen LogP contribution in [0, 0.1) is 5.92 Å². The second kappa shape index (κ2) is 12.2. The SMILES string of the molecule is C=C(OCCC)C(OCCC)(OCCC)C(C)CCNC(N)=O. The minimum absolute atomic E-state index is 0.0446. The summed E-state index contributed by atoms with van der Waals surface area (Å²) in [7, 11) is 0. The highest BCUT2D eigenvalue weighted by atomic mass is 16.7. The molecule has 23 heavy (non-hydrogen) atoms. The van der Waals surface area contributed by atoms with Gasteiger partial charge >= 0.3 is 6.03 Å². The Hall–Kier alpha value is -1.27. The van der Waals surface area contributed by atoms with Gasteiger partial charge in [-0.3, -0.25) is 0 Å². The molecule has 6 heteroatoms. The highest BCUT2D eigenvalue weighted by Gasteiger charge is 2.42. The number of nitrogens with two attached hydrogens (primary N) is 1. The van der Waals surface area contributed by atoms with Crippen LogP contribution in [0.4, 0.5) is 4.79 Å². The molecule has 0 spiro atoms. The lowest BCUT2D eigenvalue weighted by Crippen LogP contribution is -2.47. The van der Waals surface area contributed by atoms with E-state index in [1.807, 2.05) is 27.7 Å². The van der Waals surface area contributed by atoms with Crippen molar-refractivity contribution in [2.24, 2.45) is 11.7 Å². The van der Waals surface area contributed by atoms with Crippen LogP contribution in [-0.2, 0) is 14.2 Å². The summed E-state index contributed by atoms with van der Waals surface area (Å²) in [5.41, 5.74) is 5.12. The van der Waals surface area contributed by atoms with Crippen molar-refractivity contribution in [2.75, 3.05) is 26.4 Å². The van der Waals surface area contributed by atoms with Crippen LogP contribution in [0.1, 0.15) is 53.4 Å². The van der Waals surface area contributed by atoms with Crippen molar-refractivity contribution in [1.82, 2.24) is 5.32 Å². The van der Waals surface area contributed by atoms with Crippen LogP contribution < -0.4 is 11.1 Å². The van der Waals surface area contributed by atoms with Gasteiger partial charge in [0.25, 0.3) is 0 Å². The Morgan fingerprint density at radius 1 is 1.13 bits per heavy atom. The molecule has 0 heterocycles. The zero-order valence-electron chi connectivity index (χ0n) is 15.2. The fourth-order valence-corrected chi connectivity index (χ4v) is 2.20. The third kappa shape index (κ3) is 7.70. The average molecular weight is 330 g/mol. The van der Waals surface area contributed by atoms with E-state index in [-0.39, 0.29) is 5.92 Å². The third-order valence-electron chi connectivity index (χ3n) is 3.44. The summed E-state index contributed by atoms with van der Waals surface area (Å²) in [4.78, 5) is 10.9. The van der Waals surface area contributed by atoms with Crippen LogP contribution in [0.5, 0.6) is 0 Å². The second-order valence-electron chi connectivity index (χ2n) is 5.62. The summed E-state index contributed by atoms with van der Waals surface area (Å²) < 4.78 is 17.9. The maximum absolute atomic E-state index is 10.9. The zero-order chi connectivity index (χ0) is 17.7. The van der Waals surface area contributed by atoms with Gasteiger partial charge < -0.3 is 25.3 Å². The maximum Gasteiger partial charge on any atom is 0.312 e. The first-order valence-corrected chi connectivity index (χ1v) is 8.57. The van der Waals surface area contributed by atoms with Crippen molar-refractivity contribution in [3.05, 3.63) is 12.3 Å². The molecule has 0 aliphatic carbocycles. The molecule has 0 aliphatic rings. The summed E-state index contributed by atoms with van der Waals surface area (Å²) in [6.07, 6.45) is 3.26. The van der Waals surface area contributed by atoms with Crippen LogP contribution in [0.15, 0.2) is 12.3 Å². The molecule has 0 saturated heterocycles. The summed E-state index contributed by atoms with van der Waals surface area (Å²) >= 11 is 0. The topological polar surface area (TPSA) is 82.8 Å². The molecule has 0 aromatic carbocycles. The lowest BCUT2D eigenvalue weighted by Gasteiger charge is -2.39. The Kier molecular flexibility index (Phi) is 11.5. The highest BCUT2D eigenvalue weighted by Crippen LogP contribution is 2.34. The van der Waals surface area contributed by atoms with Crippen LogP contribution in [-0.4, -0.2) is 38.2 Å². The van der Waals surface area contributed by atoms with Crippen molar-refractivity contribution in [3.63, 3.8) is 0 Å². The van der Waals surface area contributed by atoms with Gasteiger partial charge in [0.15, 0.2) is 0 Å². The van der Waals surface area contributed by atoms with Crippen molar-refractivity contribution < 1.29 is 19.0 Å². The van der Waals surface area contributed by atoms with Crippen LogP contribution in [0.3, 0.4) is 0 Å². The van der Waals surface area contributed by atoms with E-state index in [0.717, 1.165) is 19.3 Å². The first kappa shape index (κ1) is 21.7. The lowest BCUT2D eigenvalue weighted by atomic mass is 9.94. The van der Waals surface area contributed by atoms with Gasteiger partial charge in [-0.05, 0) is 25.7 Å². The third-order valence-corrected chi connectivity index (χ3v) is 3.44. The van der Waals surface area contributed by atoms with E-state index in [2.05, 4.69) is 11.9 Å². The van der Waals surface area contributed by atoms with E-state index in [4.69, 9.17) is 19.9 Å². The first-order valence-electron chi connectivity index (χ1n) is 8.57. The lowest BCUT2D eigenvalue weighted by molar-refractivity contribution is -0.259. The number of amides is 2. The molecule has 0 radical (unpaired) electrons. The van der Waals surface area contributed by atoms with Gasteiger partial charge in [-0.1, -0.05) is 34.3 Å². The average Bonchev–Trinajstić information content (AvgIpc) is 2.52. The molecule has 0 bridgehead atoms. The Morgan fingerprint density at radius 3 is 2.09 bits per heavy atom. The molecule has 6 nitrogen and oxygen atoms in total. The van der Waals surface area contributed by atoms with Gasteiger partial charge in [0.1, 0.15) is 5.76 Å². The molecule has 1 unspecified atom stereocenters. The molecular weight excluding hydrogens is 296 g/mol. The van der Waals surface area contributed by atoms with E-state index in [1.165, 1.54) is 0 Å². The number of primary amides is 1. The maximum atomic E-state index is 10.9. The number of urea groups is 1. The van der Waals surface area contributed by atoms with Crippen molar-refractivity contribution in [2.45, 2.75) is 59.2 Å². The summed E-state index contributed by atoms with van der Waals surface area (Å²) in [5, 5.41) is 2.60. The molecule has 0 aromatic heterocycles. The van der Waals surface area contributed by atoms with E-state index in [9.17, 15) is 4.79 Å². The van der Waals surface area contributed by atoms with E-state index in [1.54, 1.807) is 0 Å². The minimum Gasteiger partial charge on any atom is -0.493 e. The monoisotopic (exact) mass is 330 g/mol. The van der Waals surface area contributed by atoms with Gasteiger partial charge in [0.05, 0.1) is 19.8 Å². The summed E-state index contributed by atoms with van der Waals surface area (Å²) in [6.45, 7) is 14.3. The fraction of sp³-hybridized carbons (Fsp3) is 0.824. The Balaban J connectivity index is 5.14. The summed E-state index contributed by atoms with van der Waals surface area (Å²) in [5.74, 6) is -0.551. The predicted molar refractivity (Wildman–Crippen MR) is 92.0 cm³/mol. The van der Waals surface area contributed by atoms with Gasteiger partial charge in [-0.15, -0.1) is 0 Å². The zero-order valence-corrected chi connectivity index (χ0v) is 15.2. The van der Waals surface area contributed by atoms with Gasteiger partial charge in [0, 0.05) is 12.5 Å². The largest absolute Gasteiger partial charge is 0.493 e. The van der Waals surface area contributed by atoms with Crippen LogP contribution in [0.2, 0.25) is 0 Å². The highest BCUT2D eigenvalue weighted by molar-refractivity contribution is 5.71.